The Morgan fingerprint density at radius 1 is 1.43 bits per heavy atom. The van der Waals surface area contributed by atoms with Gasteiger partial charge in [0.15, 0.2) is 0 Å². The second-order valence-electron chi connectivity index (χ2n) is 5.17. The number of alkyl halides is 3. The minimum atomic E-state index is -4.36. The maximum absolute atomic E-state index is 12.8. The van der Waals surface area contributed by atoms with Crippen LogP contribution in [-0.4, -0.2) is 12.7 Å². The molecule has 2 unspecified atom stereocenters. The van der Waals surface area contributed by atoms with Crippen molar-refractivity contribution in [1.82, 2.24) is 5.43 Å². The zero-order valence-corrected chi connectivity index (χ0v) is 13.0. The van der Waals surface area contributed by atoms with Gasteiger partial charge in [-0.25, -0.2) is 0 Å². The summed E-state index contributed by atoms with van der Waals surface area (Å²) >= 11 is 3.30. The zero-order valence-electron chi connectivity index (χ0n) is 11.4. The van der Waals surface area contributed by atoms with Crippen LogP contribution < -0.4 is 11.3 Å². The van der Waals surface area contributed by atoms with Gasteiger partial charge in [0.2, 0.25) is 0 Å². The Bertz CT molecular complexity index is 476. The van der Waals surface area contributed by atoms with Crippen LogP contribution in [0.5, 0.6) is 0 Å². The van der Waals surface area contributed by atoms with Gasteiger partial charge in [-0.2, -0.15) is 13.2 Å². The van der Waals surface area contributed by atoms with Crippen LogP contribution in [0.3, 0.4) is 0 Å². The van der Waals surface area contributed by atoms with Crippen LogP contribution in [0.15, 0.2) is 22.7 Å². The number of halogens is 4. The number of rotatable bonds is 5. The monoisotopic (exact) mass is 366 g/mol. The average Bonchev–Trinajstić information content (AvgIpc) is 2.93. The van der Waals surface area contributed by atoms with Crippen molar-refractivity contribution < 1.29 is 17.9 Å². The van der Waals surface area contributed by atoms with Gasteiger partial charge >= 0.3 is 6.18 Å². The van der Waals surface area contributed by atoms with Gasteiger partial charge in [0.05, 0.1) is 11.7 Å². The number of ether oxygens (including phenoxy) is 1. The Morgan fingerprint density at radius 3 is 2.76 bits per heavy atom. The quantitative estimate of drug-likeness (QED) is 0.612. The molecule has 1 saturated heterocycles. The summed E-state index contributed by atoms with van der Waals surface area (Å²) < 4.78 is 44.6. The Morgan fingerprint density at radius 2 is 2.19 bits per heavy atom. The molecule has 21 heavy (non-hydrogen) atoms. The van der Waals surface area contributed by atoms with Crippen molar-refractivity contribution >= 4 is 15.9 Å². The fraction of sp³-hybridized carbons (Fsp3) is 0.571. The van der Waals surface area contributed by atoms with Crippen LogP contribution >= 0.6 is 15.9 Å². The SMILES string of the molecule is NNC(CCC1CCCO1)c1cc(C(F)(F)F)ccc1Br. The number of nitrogens with two attached hydrogens (primary N) is 1. The molecular weight excluding hydrogens is 349 g/mol. The summed E-state index contributed by atoms with van der Waals surface area (Å²) in [5.41, 5.74) is 2.46. The fourth-order valence-corrected chi connectivity index (χ4v) is 3.06. The maximum Gasteiger partial charge on any atom is 0.416 e. The molecule has 1 aromatic carbocycles. The molecule has 1 aliphatic heterocycles. The van der Waals surface area contributed by atoms with E-state index in [-0.39, 0.29) is 12.1 Å². The van der Waals surface area contributed by atoms with Gasteiger partial charge in [0, 0.05) is 17.1 Å². The predicted octanol–water partition coefficient (Wildman–Crippen LogP) is 3.93. The largest absolute Gasteiger partial charge is 0.416 e. The molecule has 0 aromatic heterocycles. The summed E-state index contributed by atoms with van der Waals surface area (Å²) in [5, 5.41) is 0. The highest BCUT2D eigenvalue weighted by molar-refractivity contribution is 9.10. The van der Waals surface area contributed by atoms with E-state index in [9.17, 15) is 13.2 Å². The van der Waals surface area contributed by atoms with E-state index in [0.717, 1.165) is 38.0 Å². The van der Waals surface area contributed by atoms with E-state index in [0.29, 0.717) is 16.5 Å². The standard InChI is InChI=1S/C14H18BrF3N2O/c15-12-5-3-9(14(16,17)18)8-11(12)13(20-19)6-4-10-2-1-7-21-10/h3,5,8,10,13,20H,1-2,4,6-7,19H2. The number of nitrogens with one attached hydrogen (secondary N) is 1. The lowest BCUT2D eigenvalue weighted by atomic mass is 9.98. The number of hydrazine groups is 1. The van der Waals surface area contributed by atoms with E-state index in [2.05, 4.69) is 21.4 Å². The van der Waals surface area contributed by atoms with E-state index in [1.54, 1.807) is 0 Å². The van der Waals surface area contributed by atoms with Crippen LogP contribution in [0.2, 0.25) is 0 Å². The van der Waals surface area contributed by atoms with Gasteiger partial charge in [-0.15, -0.1) is 0 Å². The van der Waals surface area contributed by atoms with Gasteiger partial charge in [0.1, 0.15) is 0 Å². The number of hydrogen-bond acceptors (Lipinski definition) is 3. The van der Waals surface area contributed by atoms with Crippen LogP contribution in [0.1, 0.15) is 42.9 Å². The number of benzene rings is 1. The Hall–Kier alpha value is -0.630. The molecule has 3 nitrogen and oxygen atoms in total. The highest BCUT2D eigenvalue weighted by atomic mass is 79.9. The topological polar surface area (TPSA) is 47.3 Å². The summed E-state index contributed by atoms with van der Waals surface area (Å²) in [7, 11) is 0. The molecule has 1 fully saturated rings. The zero-order chi connectivity index (χ0) is 15.5. The van der Waals surface area contributed by atoms with Gasteiger partial charge in [-0.3, -0.25) is 11.3 Å². The second-order valence-corrected chi connectivity index (χ2v) is 6.02. The molecule has 0 saturated carbocycles. The minimum Gasteiger partial charge on any atom is -0.378 e. The molecule has 1 aromatic rings. The predicted molar refractivity (Wildman–Crippen MR) is 77.4 cm³/mol. The summed E-state index contributed by atoms with van der Waals surface area (Å²) in [5.74, 6) is 5.52. The van der Waals surface area contributed by atoms with Crippen molar-refractivity contribution in [2.24, 2.45) is 5.84 Å². The average molecular weight is 367 g/mol. The molecule has 0 bridgehead atoms. The van der Waals surface area contributed by atoms with Gasteiger partial charge < -0.3 is 4.74 Å². The number of hydrogen-bond donors (Lipinski definition) is 2. The molecule has 0 aliphatic carbocycles. The van der Waals surface area contributed by atoms with Crippen molar-refractivity contribution in [1.29, 1.82) is 0 Å². The van der Waals surface area contributed by atoms with E-state index in [4.69, 9.17) is 10.6 Å². The molecule has 1 heterocycles. The summed E-state index contributed by atoms with van der Waals surface area (Å²) in [4.78, 5) is 0. The molecule has 0 radical (unpaired) electrons. The minimum absolute atomic E-state index is 0.186. The highest BCUT2D eigenvalue weighted by Gasteiger charge is 2.31. The molecule has 2 atom stereocenters. The molecule has 0 amide bonds. The van der Waals surface area contributed by atoms with Crippen molar-refractivity contribution in [3.8, 4) is 0 Å². The molecule has 1 aliphatic rings. The molecule has 118 valence electrons. The van der Waals surface area contributed by atoms with Crippen molar-refractivity contribution in [3.05, 3.63) is 33.8 Å². The summed E-state index contributed by atoms with van der Waals surface area (Å²) in [6.07, 6.45) is -0.730. The third-order valence-corrected chi connectivity index (χ3v) is 4.42. The van der Waals surface area contributed by atoms with Crippen LogP contribution in [0, 0.1) is 0 Å². The van der Waals surface area contributed by atoms with Crippen LogP contribution in [0.4, 0.5) is 13.2 Å². The lowest BCUT2D eigenvalue weighted by molar-refractivity contribution is -0.137. The van der Waals surface area contributed by atoms with Gasteiger partial charge in [-0.1, -0.05) is 15.9 Å². The Balaban J connectivity index is 2.12. The van der Waals surface area contributed by atoms with Gasteiger partial charge in [0.25, 0.3) is 0 Å². The molecule has 2 rings (SSSR count). The molecule has 7 heteroatoms. The maximum atomic E-state index is 12.8. The van der Waals surface area contributed by atoms with Crippen molar-refractivity contribution in [2.75, 3.05) is 6.61 Å². The highest BCUT2D eigenvalue weighted by Crippen LogP contribution is 2.35. The van der Waals surface area contributed by atoms with Gasteiger partial charge in [-0.05, 0) is 49.4 Å². The third kappa shape index (κ3) is 4.42. The first-order valence-electron chi connectivity index (χ1n) is 6.86. The van der Waals surface area contributed by atoms with E-state index < -0.39 is 11.7 Å². The first kappa shape index (κ1) is 16.7. The van der Waals surface area contributed by atoms with Crippen molar-refractivity contribution in [2.45, 2.75) is 44.0 Å². The third-order valence-electron chi connectivity index (χ3n) is 3.70. The first-order valence-corrected chi connectivity index (χ1v) is 7.65. The molecular formula is C14H18BrF3N2O. The summed E-state index contributed by atoms with van der Waals surface area (Å²) in [6.45, 7) is 0.763. The normalized spacial score (nSPS) is 20.7. The lowest BCUT2D eigenvalue weighted by Gasteiger charge is -2.21. The van der Waals surface area contributed by atoms with Crippen LogP contribution in [-0.2, 0) is 10.9 Å². The van der Waals surface area contributed by atoms with Crippen molar-refractivity contribution in [3.63, 3.8) is 0 Å². The molecule has 0 spiro atoms. The Kier molecular flexibility index (Phi) is 5.65. The first-order chi connectivity index (χ1) is 9.91. The smallest absolute Gasteiger partial charge is 0.378 e. The molecule has 3 N–H and O–H groups in total. The summed E-state index contributed by atoms with van der Waals surface area (Å²) in [6, 6.07) is 3.27. The lowest BCUT2D eigenvalue weighted by Crippen LogP contribution is -2.29. The van der Waals surface area contributed by atoms with E-state index in [1.807, 2.05) is 0 Å². The van der Waals surface area contributed by atoms with Crippen LogP contribution in [0.25, 0.3) is 0 Å². The Labute approximate surface area is 130 Å². The fourth-order valence-electron chi connectivity index (χ4n) is 2.54. The van der Waals surface area contributed by atoms with E-state index in [1.165, 1.54) is 6.07 Å². The second kappa shape index (κ2) is 7.09. The van der Waals surface area contributed by atoms with E-state index >= 15 is 0 Å².